The molecule has 230 valence electrons. The number of aliphatic imine (C=N–C) groups is 2. The molecule has 2 aliphatic heterocycles. The Morgan fingerprint density at radius 1 is 0.950 bits per heavy atom. The standard InChI is InChI=1S/C21H39N7O12/c1-5-20(36,4-30)17(39-16-10(26-2)15(35)11(31)6(3-29)38-16)21(37,40-5)7-8(27-18(22)23)13(33)9(28-19(24)25)14(34)12(7)32/h4-17,26,29,31-37H,3H2,1-2H3,(H4,22,23,27)(H4,24,25,28)/t5-,6-,7?,8?,9?,10-,11-,12?,13?,14?,15-,16-,17+,20+,21-/m0/s1. The van der Waals surface area contributed by atoms with Gasteiger partial charge in [0.15, 0.2) is 36.2 Å². The average molecular weight is 582 g/mol. The quantitative estimate of drug-likeness (QED) is 0.0718. The summed E-state index contributed by atoms with van der Waals surface area (Å²) in [7, 11) is 1.36. The van der Waals surface area contributed by atoms with Crippen LogP contribution in [0.25, 0.3) is 0 Å². The number of nitrogens with zero attached hydrogens (tertiary/aromatic N) is 2. The van der Waals surface area contributed by atoms with Crippen molar-refractivity contribution in [2.24, 2.45) is 38.8 Å². The van der Waals surface area contributed by atoms with Gasteiger partial charge in [-0.25, -0.2) is 9.98 Å². The van der Waals surface area contributed by atoms with Crippen LogP contribution >= 0.6 is 0 Å². The Balaban J connectivity index is 2.14. The number of carbonyl (C=O) groups excluding carboxylic acids is 1. The fourth-order valence-corrected chi connectivity index (χ4v) is 5.62. The highest BCUT2D eigenvalue weighted by Gasteiger charge is 2.71. The molecule has 1 saturated carbocycles. The van der Waals surface area contributed by atoms with Gasteiger partial charge in [-0.3, -0.25) is 4.79 Å². The highest BCUT2D eigenvalue weighted by molar-refractivity contribution is 5.76. The molecule has 2 heterocycles. The summed E-state index contributed by atoms with van der Waals surface area (Å²) in [5, 5.41) is 89.4. The first kappa shape index (κ1) is 32.2. The molecule has 0 aromatic heterocycles. The van der Waals surface area contributed by atoms with Gasteiger partial charge < -0.3 is 83.3 Å². The zero-order chi connectivity index (χ0) is 30.3. The topological polar surface area (TPSA) is 347 Å². The van der Waals surface area contributed by atoms with Crippen molar-refractivity contribution in [3.8, 4) is 0 Å². The van der Waals surface area contributed by atoms with E-state index in [4.69, 9.17) is 37.1 Å². The summed E-state index contributed by atoms with van der Waals surface area (Å²) in [5.41, 5.74) is 19.2. The molecular weight excluding hydrogens is 542 g/mol. The van der Waals surface area contributed by atoms with E-state index in [0.29, 0.717) is 0 Å². The smallest absolute Gasteiger partial charge is 0.203 e. The molecular formula is C21H39N7O12. The van der Waals surface area contributed by atoms with Gasteiger partial charge in [0.1, 0.15) is 36.6 Å². The van der Waals surface area contributed by atoms with Gasteiger partial charge in [0.2, 0.25) is 5.79 Å². The van der Waals surface area contributed by atoms with E-state index < -0.39 is 109 Å². The Hall–Kier alpha value is -2.27. The van der Waals surface area contributed by atoms with Crippen molar-refractivity contribution >= 4 is 18.2 Å². The van der Waals surface area contributed by atoms with Crippen LogP contribution in [0.3, 0.4) is 0 Å². The molecule has 3 aliphatic rings. The molecule has 2 saturated heterocycles. The van der Waals surface area contributed by atoms with Gasteiger partial charge in [-0.1, -0.05) is 0 Å². The maximum absolute atomic E-state index is 12.2. The largest absolute Gasteiger partial charge is 0.394 e. The van der Waals surface area contributed by atoms with Crippen molar-refractivity contribution in [3.05, 3.63) is 0 Å². The van der Waals surface area contributed by atoms with E-state index in [1.54, 1.807) is 0 Å². The summed E-state index contributed by atoms with van der Waals surface area (Å²) < 4.78 is 17.0. The minimum atomic E-state index is -2.96. The molecule has 40 heavy (non-hydrogen) atoms. The number of nitrogens with one attached hydrogen (secondary N) is 1. The Bertz CT molecular complexity index is 970. The number of aldehydes is 1. The normalized spacial score (nSPS) is 49.3. The third-order valence-corrected chi connectivity index (χ3v) is 7.70. The first-order chi connectivity index (χ1) is 18.6. The van der Waals surface area contributed by atoms with Crippen LogP contribution in [0.1, 0.15) is 6.92 Å². The van der Waals surface area contributed by atoms with Crippen LogP contribution in [-0.4, -0.2) is 157 Å². The number of guanidine groups is 2. The highest BCUT2D eigenvalue weighted by atomic mass is 16.7. The molecule has 19 heteroatoms. The van der Waals surface area contributed by atoms with Gasteiger partial charge in [0.05, 0.1) is 36.8 Å². The molecule has 0 aromatic carbocycles. The summed E-state index contributed by atoms with van der Waals surface area (Å²) in [5.74, 6) is -6.08. The lowest BCUT2D eigenvalue weighted by atomic mass is 9.69. The molecule has 1 aliphatic carbocycles. The van der Waals surface area contributed by atoms with E-state index in [1.165, 1.54) is 14.0 Å². The number of carbonyl (C=O) groups is 1. The molecule has 0 aromatic rings. The molecule has 0 amide bonds. The van der Waals surface area contributed by atoms with Crippen LogP contribution < -0.4 is 28.3 Å². The number of aliphatic hydroxyl groups excluding tert-OH is 6. The number of nitrogens with two attached hydrogens (primary N) is 4. The van der Waals surface area contributed by atoms with Gasteiger partial charge in [0.25, 0.3) is 0 Å². The molecule has 19 nitrogen and oxygen atoms in total. The number of aliphatic hydroxyl groups is 8. The Morgan fingerprint density at radius 2 is 1.52 bits per heavy atom. The van der Waals surface area contributed by atoms with Crippen LogP contribution in [0.5, 0.6) is 0 Å². The number of likely N-dealkylation sites (N-methyl/N-ethyl adjacent to an activating group) is 1. The zero-order valence-corrected chi connectivity index (χ0v) is 21.7. The predicted molar refractivity (Wildman–Crippen MR) is 133 cm³/mol. The van der Waals surface area contributed by atoms with Gasteiger partial charge in [-0.15, -0.1) is 0 Å². The molecule has 6 unspecified atom stereocenters. The molecule has 3 rings (SSSR count). The van der Waals surface area contributed by atoms with Crippen molar-refractivity contribution in [1.29, 1.82) is 0 Å². The Kier molecular flexibility index (Phi) is 9.61. The van der Waals surface area contributed by atoms with Crippen LogP contribution in [-0.2, 0) is 19.0 Å². The van der Waals surface area contributed by atoms with Crippen molar-refractivity contribution < 1.29 is 59.9 Å². The second kappa shape index (κ2) is 11.9. The van der Waals surface area contributed by atoms with Gasteiger partial charge >= 0.3 is 0 Å². The van der Waals surface area contributed by atoms with Crippen molar-refractivity contribution in [1.82, 2.24) is 5.32 Å². The molecule has 17 N–H and O–H groups in total. The first-order valence-corrected chi connectivity index (χ1v) is 12.3. The summed E-state index contributed by atoms with van der Waals surface area (Å²) in [6.07, 6.45) is -15.8. The molecule has 3 fully saturated rings. The highest BCUT2D eigenvalue weighted by Crippen LogP contribution is 2.49. The summed E-state index contributed by atoms with van der Waals surface area (Å²) in [6, 6.07) is -4.56. The fraction of sp³-hybridized carbons (Fsp3) is 0.857. The van der Waals surface area contributed by atoms with Crippen LogP contribution in [0.4, 0.5) is 0 Å². The number of ether oxygens (including phenoxy) is 3. The first-order valence-electron chi connectivity index (χ1n) is 12.3. The minimum Gasteiger partial charge on any atom is -0.394 e. The lowest BCUT2D eigenvalue weighted by Crippen LogP contribution is -2.71. The van der Waals surface area contributed by atoms with Crippen molar-refractivity contribution in [2.75, 3.05) is 13.7 Å². The summed E-state index contributed by atoms with van der Waals surface area (Å²) >= 11 is 0. The van der Waals surface area contributed by atoms with Gasteiger partial charge in [-0.05, 0) is 14.0 Å². The summed E-state index contributed by atoms with van der Waals surface area (Å²) in [6.45, 7) is 0.418. The number of hydrogen-bond acceptors (Lipinski definition) is 15. The van der Waals surface area contributed by atoms with Crippen LogP contribution in [0.15, 0.2) is 9.98 Å². The van der Waals surface area contributed by atoms with E-state index in [9.17, 15) is 45.6 Å². The maximum Gasteiger partial charge on any atom is 0.203 e. The lowest BCUT2D eigenvalue weighted by Gasteiger charge is -2.50. The lowest BCUT2D eigenvalue weighted by molar-refractivity contribution is -0.345. The van der Waals surface area contributed by atoms with Crippen LogP contribution in [0.2, 0.25) is 0 Å². The van der Waals surface area contributed by atoms with Gasteiger partial charge in [-0.2, -0.15) is 0 Å². The molecule has 0 radical (unpaired) electrons. The Morgan fingerprint density at radius 3 is 2.02 bits per heavy atom. The zero-order valence-electron chi connectivity index (χ0n) is 21.7. The van der Waals surface area contributed by atoms with E-state index in [-0.39, 0.29) is 6.29 Å². The number of rotatable bonds is 8. The summed E-state index contributed by atoms with van der Waals surface area (Å²) in [4.78, 5) is 19.8. The minimum absolute atomic E-state index is 0.00611. The monoisotopic (exact) mass is 581 g/mol. The van der Waals surface area contributed by atoms with Gasteiger partial charge in [0, 0.05) is 0 Å². The Labute approximate surface area is 228 Å². The second-order valence-electron chi connectivity index (χ2n) is 10.1. The van der Waals surface area contributed by atoms with E-state index in [1.807, 2.05) is 0 Å². The average Bonchev–Trinajstić information content (AvgIpc) is 3.07. The second-order valence-corrected chi connectivity index (χ2v) is 10.1. The van der Waals surface area contributed by atoms with E-state index >= 15 is 0 Å². The van der Waals surface area contributed by atoms with Crippen molar-refractivity contribution in [2.45, 2.75) is 91.6 Å². The maximum atomic E-state index is 12.2. The molecule has 0 bridgehead atoms. The molecule has 15 atom stereocenters. The third kappa shape index (κ3) is 5.35. The van der Waals surface area contributed by atoms with Crippen LogP contribution in [0, 0.1) is 5.92 Å². The fourth-order valence-electron chi connectivity index (χ4n) is 5.62. The molecule has 0 spiro atoms. The number of hydrogen-bond donors (Lipinski definition) is 13. The van der Waals surface area contributed by atoms with E-state index in [2.05, 4.69) is 15.3 Å². The SMILES string of the molecule is CN[C@@H]1[C@H](O[C@@H]2[C@@](O)(C=O)[C@H](C)O[C@@]2(O)C2C(O)C(O)C(N=C(N)N)C(O)C2N=C(N)N)O[C@@H](CO)[C@H](O)[C@H]1O. The van der Waals surface area contributed by atoms with Crippen molar-refractivity contribution in [3.63, 3.8) is 0 Å². The van der Waals surface area contributed by atoms with E-state index in [0.717, 1.165) is 0 Å². The predicted octanol–water partition coefficient (Wildman–Crippen LogP) is -8.57. The third-order valence-electron chi connectivity index (χ3n) is 7.70.